The Morgan fingerprint density at radius 1 is 0.760 bits per heavy atom. The number of benzene rings is 1. The number of hydrogen-bond acceptors (Lipinski definition) is 6. The van der Waals surface area contributed by atoms with E-state index in [1.807, 2.05) is 13.0 Å². The van der Waals surface area contributed by atoms with Gasteiger partial charge >= 0.3 is 15.2 Å². The summed E-state index contributed by atoms with van der Waals surface area (Å²) in [6, 6.07) is 5.26. The summed E-state index contributed by atoms with van der Waals surface area (Å²) in [5.74, 6) is 0. The highest BCUT2D eigenvalue weighted by atomic mass is 31.2. The summed E-state index contributed by atoms with van der Waals surface area (Å²) in [5, 5.41) is 0.596. The predicted octanol–water partition coefficient (Wildman–Crippen LogP) is 4.42. The highest BCUT2D eigenvalue weighted by molar-refractivity contribution is 7.69. The van der Waals surface area contributed by atoms with E-state index in [1.54, 1.807) is 39.8 Å². The molecule has 0 aromatic heterocycles. The maximum Gasteiger partial charge on any atom is 0.362 e. The molecule has 0 radical (unpaired) electrons. The van der Waals surface area contributed by atoms with Gasteiger partial charge in [-0.25, -0.2) is 0 Å². The molecule has 25 heavy (non-hydrogen) atoms. The second-order valence-corrected chi connectivity index (χ2v) is 9.15. The van der Waals surface area contributed by atoms with Crippen molar-refractivity contribution in [3.05, 3.63) is 23.8 Å². The Morgan fingerprint density at radius 2 is 1.24 bits per heavy atom. The van der Waals surface area contributed by atoms with E-state index in [2.05, 4.69) is 0 Å². The topological polar surface area (TPSA) is 71.1 Å². The molecule has 1 aromatic carbocycles. The van der Waals surface area contributed by atoms with Gasteiger partial charge in [-0.2, -0.15) is 0 Å². The fraction of sp³-hybridized carbons (Fsp3) is 0.647. The average molecular weight is 392 g/mol. The summed E-state index contributed by atoms with van der Waals surface area (Å²) in [7, 11) is -7.29. The third kappa shape index (κ3) is 5.50. The summed E-state index contributed by atoms with van der Waals surface area (Å²) in [5.41, 5.74) is 0.782. The molecule has 0 heterocycles. The van der Waals surface area contributed by atoms with Gasteiger partial charge < -0.3 is 18.1 Å². The Hall–Kier alpha value is -0.480. The molecule has 0 aliphatic carbocycles. The minimum absolute atomic E-state index is 0.211. The lowest BCUT2D eigenvalue weighted by atomic mass is 10.1. The first-order chi connectivity index (χ1) is 11.9. The molecular formula is C17H30O6P2. The van der Waals surface area contributed by atoms with Crippen LogP contribution >= 0.6 is 15.2 Å². The molecule has 0 saturated carbocycles. The molecule has 0 saturated heterocycles. The van der Waals surface area contributed by atoms with Crippen LogP contribution in [-0.2, 0) is 33.6 Å². The standard InChI is InChI=1S/C17H30O6P2/c1-6-12-15-13-11-14-16(24(18,20-7-2)21-8-3)17(15)25(19,22-9-4)23-10-5/h11,13-14H,6-10,12H2,1-5H3. The van der Waals surface area contributed by atoms with Gasteiger partial charge in [0.15, 0.2) is 0 Å². The van der Waals surface area contributed by atoms with E-state index in [0.29, 0.717) is 11.7 Å². The molecular weight excluding hydrogens is 362 g/mol. The SMILES string of the molecule is CCCc1cccc(P(=O)(OCC)OCC)c1P(=O)(OCC)OCC. The summed E-state index contributed by atoms with van der Waals surface area (Å²) < 4.78 is 48.9. The van der Waals surface area contributed by atoms with Crippen molar-refractivity contribution >= 4 is 25.8 Å². The molecule has 1 aromatic rings. The zero-order valence-electron chi connectivity index (χ0n) is 15.8. The van der Waals surface area contributed by atoms with E-state index in [1.165, 1.54) is 0 Å². The van der Waals surface area contributed by atoms with E-state index in [-0.39, 0.29) is 31.7 Å². The Balaban J connectivity index is 3.71. The van der Waals surface area contributed by atoms with Gasteiger partial charge in [0.25, 0.3) is 0 Å². The highest BCUT2D eigenvalue weighted by Gasteiger charge is 2.40. The van der Waals surface area contributed by atoms with Gasteiger partial charge in [-0.3, -0.25) is 9.13 Å². The summed E-state index contributed by atoms with van der Waals surface area (Å²) in [4.78, 5) is 0. The normalized spacial score (nSPS) is 12.5. The van der Waals surface area contributed by atoms with Crippen LogP contribution in [0.2, 0.25) is 0 Å². The zero-order valence-corrected chi connectivity index (χ0v) is 17.6. The van der Waals surface area contributed by atoms with E-state index in [9.17, 15) is 9.13 Å². The van der Waals surface area contributed by atoms with E-state index < -0.39 is 15.2 Å². The average Bonchev–Trinajstić information content (AvgIpc) is 2.56. The maximum atomic E-state index is 13.5. The van der Waals surface area contributed by atoms with Crippen molar-refractivity contribution in [3.63, 3.8) is 0 Å². The van der Waals surface area contributed by atoms with Crippen LogP contribution in [0.15, 0.2) is 18.2 Å². The molecule has 6 nitrogen and oxygen atoms in total. The predicted molar refractivity (Wildman–Crippen MR) is 101 cm³/mol. The molecule has 144 valence electrons. The van der Waals surface area contributed by atoms with E-state index >= 15 is 0 Å². The Morgan fingerprint density at radius 3 is 1.68 bits per heavy atom. The smallest absolute Gasteiger partial charge is 0.305 e. The summed E-state index contributed by atoms with van der Waals surface area (Å²) in [6.07, 6.45) is 1.49. The highest BCUT2D eigenvalue weighted by Crippen LogP contribution is 2.53. The van der Waals surface area contributed by atoms with Crippen LogP contribution in [0.3, 0.4) is 0 Å². The number of aryl methyl sites for hydroxylation is 1. The van der Waals surface area contributed by atoms with Crippen molar-refractivity contribution in [2.45, 2.75) is 47.5 Å². The van der Waals surface area contributed by atoms with Crippen LogP contribution in [-0.4, -0.2) is 26.4 Å². The molecule has 0 N–H and O–H groups in total. The van der Waals surface area contributed by atoms with Gasteiger partial charge in [-0.1, -0.05) is 25.5 Å². The first kappa shape index (κ1) is 22.6. The Kier molecular flexibility index (Phi) is 9.58. The molecule has 0 aliphatic heterocycles. The second-order valence-electron chi connectivity index (χ2n) is 5.20. The van der Waals surface area contributed by atoms with E-state index in [4.69, 9.17) is 18.1 Å². The van der Waals surface area contributed by atoms with Gasteiger partial charge in [0.1, 0.15) is 0 Å². The minimum Gasteiger partial charge on any atom is -0.305 e. The molecule has 0 spiro atoms. The van der Waals surface area contributed by atoms with Crippen LogP contribution in [0.25, 0.3) is 0 Å². The molecule has 0 aliphatic rings. The van der Waals surface area contributed by atoms with Gasteiger partial charge in [0.05, 0.1) is 37.0 Å². The summed E-state index contributed by atoms with van der Waals surface area (Å²) >= 11 is 0. The van der Waals surface area contributed by atoms with Crippen LogP contribution in [0.5, 0.6) is 0 Å². The van der Waals surface area contributed by atoms with Crippen LogP contribution in [0.1, 0.15) is 46.6 Å². The van der Waals surface area contributed by atoms with Crippen molar-refractivity contribution in [2.24, 2.45) is 0 Å². The monoisotopic (exact) mass is 392 g/mol. The van der Waals surface area contributed by atoms with E-state index in [0.717, 1.165) is 12.0 Å². The molecule has 0 atom stereocenters. The fourth-order valence-electron chi connectivity index (χ4n) is 2.61. The van der Waals surface area contributed by atoms with Crippen molar-refractivity contribution in [3.8, 4) is 0 Å². The zero-order chi connectivity index (χ0) is 18.9. The van der Waals surface area contributed by atoms with Crippen LogP contribution in [0.4, 0.5) is 0 Å². The fourth-order valence-corrected chi connectivity index (χ4v) is 6.95. The first-order valence-corrected chi connectivity index (χ1v) is 11.9. The van der Waals surface area contributed by atoms with Crippen LogP contribution in [0, 0.1) is 0 Å². The molecule has 0 amide bonds. The minimum atomic E-state index is -3.65. The van der Waals surface area contributed by atoms with Crippen molar-refractivity contribution in [1.29, 1.82) is 0 Å². The van der Waals surface area contributed by atoms with Crippen LogP contribution < -0.4 is 10.6 Å². The summed E-state index contributed by atoms with van der Waals surface area (Å²) in [6.45, 7) is 9.85. The quantitative estimate of drug-likeness (QED) is 0.491. The lowest BCUT2D eigenvalue weighted by molar-refractivity contribution is 0.226. The molecule has 0 bridgehead atoms. The Labute approximate surface area is 151 Å². The van der Waals surface area contributed by atoms with Gasteiger partial charge in [0.2, 0.25) is 0 Å². The molecule has 1 rings (SSSR count). The third-order valence-electron chi connectivity index (χ3n) is 3.38. The van der Waals surface area contributed by atoms with Crippen molar-refractivity contribution in [2.75, 3.05) is 26.4 Å². The largest absolute Gasteiger partial charge is 0.362 e. The second kappa shape index (κ2) is 10.6. The number of rotatable bonds is 12. The van der Waals surface area contributed by atoms with Gasteiger partial charge in [0, 0.05) is 0 Å². The molecule has 8 heteroatoms. The van der Waals surface area contributed by atoms with Gasteiger partial charge in [-0.15, -0.1) is 0 Å². The number of hydrogen-bond donors (Lipinski definition) is 0. The third-order valence-corrected chi connectivity index (χ3v) is 7.99. The van der Waals surface area contributed by atoms with Gasteiger partial charge in [-0.05, 0) is 45.7 Å². The van der Waals surface area contributed by atoms with Crippen molar-refractivity contribution < 1.29 is 27.2 Å². The van der Waals surface area contributed by atoms with Crippen molar-refractivity contribution in [1.82, 2.24) is 0 Å². The lowest BCUT2D eigenvalue weighted by Crippen LogP contribution is -2.32. The molecule has 0 unspecified atom stereocenters. The Bertz CT molecular complexity index is 612. The molecule has 0 fully saturated rings. The maximum absolute atomic E-state index is 13.5. The lowest BCUT2D eigenvalue weighted by Gasteiger charge is -2.26. The first-order valence-electron chi connectivity index (χ1n) is 8.83.